The zero-order chi connectivity index (χ0) is 11.5. The summed E-state index contributed by atoms with van der Waals surface area (Å²) < 4.78 is 5.23. The van der Waals surface area contributed by atoms with Gasteiger partial charge >= 0.3 is 0 Å². The number of hydrogen-bond donors (Lipinski definition) is 1. The van der Waals surface area contributed by atoms with E-state index >= 15 is 0 Å². The molecule has 0 aliphatic heterocycles. The van der Waals surface area contributed by atoms with Crippen molar-refractivity contribution in [2.24, 2.45) is 0 Å². The fourth-order valence-electron chi connectivity index (χ4n) is 1.69. The molecule has 1 amide bonds. The summed E-state index contributed by atoms with van der Waals surface area (Å²) in [4.78, 5) is 11.8. The molecule has 0 saturated heterocycles. The van der Waals surface area contributed by atoms with E-state index in [0.717, 1.165) is 36.1 Å². The number of carbonyl (C=O) groups excluding carboxylic acids is 1. The van der Waals surface area contributed by atoms with Crippen LogP contribution in [-0.4, -0.2) is 19.1 Å². The van der Waals surface area contributed by atoms with E-state index in [1.54, 1.807) is 7.11 Å². The van der Waals surface area contributed by atoms with E-state index < -0.39 is 0 Å². The number of ether oxygens (including phenoxy) is 1. The average Bonchev–Trinajstić information content (AvgIpc) is 3.11. The lowest BCUT2D eigenvalue weighted by molar-refractivity contribution is 0.0951. The Morgan fingerprint density at radius 2 is 2.25 bits per heavy atom. The predicted molar refractivity (Wildman–Crippen MR) is 62.9 cm³/mol. The van der Waals surface area contributed by atoms with Crippen molar-refractivity contribution in [3.63, 3.8) is 0 Å². The minimum absolute atomic E-state index is 0.0276. The summed E-state index contributed by atoms with van der Waals surface area (Å²) in [7, 11) is 1.65. The Balaban J connectivity index is 2.17. The number of benzene rings is 1. The summed E-state index contributed by atoms with van der Waals surface area (Å²) in [6, 6.07) is 5.99. The molecule has 3 nitrogen and oxygen atoms in total. The normalized spacial score (nSPS) is 14.6. The van der Waals surface area contributed by atoms with E-state index in [1.807, 2.05) is 18.2 Å². The topological polar surface area (TPSA) is 38.3 Å². The second-order valence-corrected chi connectivity index (χ2v) is 4.13. The van der Waals surface area contributed by atoms with Crippen LogP contribution < -0.4 is 10.1 Å². The van der Waals surface area contributed by atoms with Crippen LogP contribution in [0.5, 0.6) is 5.75 Å². The van der Waals surface area contributed by atoms with Gasteiger partial charge in [-0.2, -0.15) is 0 Å². The first-order valence-electron chi connectivity index (χ1n) is 5.72. The van der Waals surface area contributed by atoms with Crippen molar-refractivity contribution in [2.75, 3.05) is 7.11 Å². The highest BCUT2D eigenvalue weighted by atomic mass is 16.5. The van der Waals surface area contributed by atoms with Gasteiger partial charge in [-0.25, -0.2) is 0 Å². The van der Waals surface area contributed by atoms with Crippen LogP contribution in [0.1, 0.15) is 35.7 Å². The lowest BCUT2D eigenvalue weighted by Crippen LogP contribution is -2.25. The Bertz CT molecular complexity index is 397. The van der Waals surface area contributed by atoms with Gasteiger partial charge in [-0.3, -0.25) is 4.79 Å². The van der Waals surface area contributed by atoms with Crippen LogP contribution in [0.15, 0.2) is 18.2 Å². The van der Waals surface area contributed by atoms with Gasteiger partial charge in [0, 0.05) is 11.6 Å². The molecule has 1 aromatic carbocycles. The first-order chi connectivity index (χ1) is 7.74. The molecule has 1 fully saturated rings. The number of rotatable bonds is 4. The number of methoxy groups -OCH3 is 1. The fourth-order valence-corrected chi connectivity index (χ4v) is 1.69. The van der Waals surface area contributed by atoms with Crippen LogP contribution in [0.2, 0.25) is 0 Å². The van der Waals surface area contributed by atoms with Gasteiger partial charge in [-0.15, -0.1) is 0 Å². The summed E-state index contributed by atoms with van der Waals surface area (Å²) >= 11 is 0. The molecule has 1 aliphatic rings. The van der Waals surface area contributed by atoms with Gasteiger partial charge in [0.1, 0.15) is 5.75 Å². The molecule has 1 aromatic rings. The second kappa shape index (κ2) is 4.56. The third-order valence-electron chi connectivity index (χ3n) is 2.84. The Morgan fingerprint density at radius 3 is 2.81 bits per heavy atom. The first kappa shape index (κ1) is 11.0. The van der Waals surface area contributed by atoms with Crippen molar-refractivity contribution < 1.29 is 9.53 Å². The van der Waals surface area contributed by atoms with E-state index in [4.69, 9.17) is 4.74 Å². The van der Waals surface area contributed by atoms with Gasteiger partial charge in [0.2, 0.25) is 0 Å². The van der Waals surface area contributed by atoms with Crippen molar-refractivity contribution in [1.82, 2.24) is 5.32 Å². The molecule has 1 N–H and O–H groups in total. The van der Waals surface area contributed by atoms with E-state index in [-0.39, 0.29) is 5.91 Å². The van der Waals surface area contributed by atoms with Crippen molar-refractivity contribution in [3.8, 4) is 5.75 Å². The number of hydrogen-bond acceptors (Lipinski definition) is 2. The molecule has 1 saturated carbocycles. The minimum Gasteiger partial charge on any atom is -0.496 e. The van der Waals surface area contributed by atoms with Crippen LogP contribution in [0.4, 0.5) is 0 Å². The zero-order valence-electron chi connectivity index (χ0n) is 9.75. The highest BCUT2D eigenvalue weighted by Crippen LogP contribution is 2.22. The zero-order valence-corrected chi connectivity index (χ0v) is 9.75. The second-order valence-electron chi connectivity index (χ2n) is 4.13. The van der Waals surface area contributed by atoms with Gasteiger partial charge in [-0.05, 0) is 43.0 Å². The minimum atomic E-state index is 0.0276. The molecule has 0 radical (unpaired) electrons. The summed E-state index contributed by atoms with van der Waals surface area (Å²) in [6.45, 7) is 2.06. The maximum atomic E-state index is 11.8. The van der Waals surface area contributed by atoms with Crippen LogP contribution in [0.25, 0.3) is 0 Å². The van der Waals surface area contributed by atoms with Gasteiger partial charge in [-0.1, -0.05) is 6.92 Å². The lowest BCUT2D eigenvalue weighted by Gasteiger charge is -2.09. The van der Waals surface area contributed by atoms with E-state index in [1.165, 1.54) is 0 Å². The fraction of sp³-hybridized carbons (Fsp3) is 0.462. The van der Waals surface area contributed by atoms with E-state index in [2.05, 4.69) is 12.2 Å². The predicted octanol–water partition coefficient (Wildman–Crippen LogP) is 2.15. The van der Waals surface area contributed by atoms with Gasteiger partial charge < -0.3 is 10.1 Å². The Kier molecular flexibility index (Phi) is 3.13. The highest BCUT2D eigenvalue weighted by molar-refractivity contribution is 5.95. The first-order valence-corrected chi connectivity index (χ1v) is 5.72. The third kappa shape index (κ3) is 2.35. The van der Waals surface area contributed by atoms with Crippen molar-refractivity contribution in [3.05, 3.63) is 29.3 Å². The van der Waals surface area contributed by atoms with Crippen LogP contribution >= 0.6 is 0 Å². The summed E-state index contributed by atoms with van der Waals surface area (Å²) in [6.07, 6.45) is 3.10. The highest BCUT2D eigenvalue weighted by Gasteiger charge is 2.23. The van der Waals surface area contributed by atoms with Crippen LogP contribution in [0.3, 0.4) is 0 Å². The summed E-state index contributed by atoms with van der Waals surface area (Å²) in [5.41, 5.74) is 1.80. The van der Waals surface area contributed by atoms with E-state index in [9.17, 15) is 4.79 Å². The number of nitrogens with one attached hydrogen (secondary N) is 1. The molecule has 0 aromatic heterocycles. The van der Waals surface area contributed by atoms with Gasteiger partial charge in [0.25, 0.3) is 5.91 Å². The molecule has 0 bridgehead atoms. The smallest absolute Gasteiger partial charge is 0.251 e. The standard InChI is InChI=1S/C13H17NO2/c1-3-9-8-10(4-7-12(9)16-2)13(15)14-11-5-6-11/h4,7-8,11H,3,5-6H2,1-2H3,(H,14,15). The molecule has 16 heavy (non-hydrogen) atoms. The Labute approximate surface area is 95.8 Å². The van der Waals surface area contributed by atoms with Crippen molar-refractivity contribution >= 4 is 5.91 Å². The van der Waals surface area contributed by atoms with Crippen LogP contribution in [-0.2, 0) is 6.42 Å². The molecular formula is C13H17NO2. The number of carbonyl (C=O) groups is 1. The molecule has 2 rings (SSSR count). The number of aryl methyl sites for hydroxylation is 1. The van der Waals surface area contributed by atoms with Crippen LogP contribution in [0, 0.1) is 0 Å². The molecule has 0 heterocycles. The third-order valence-corrected chi connectivity index (χ3v) is 2.84. The Hall–Kier alpha value is -1.51. The SMILES string of the molecule is CCc1cc(C(=O)NC2CC2)ccc1OC. The van der Waals surface area contributed by atoms with E-state index in [0.29, 0.717) is 6.04 Å². The molecule has 0 atom stereocenters. The van der Waals surface area contributed by atoms with Gasteiger partial charge in [0.05, 0.1) is 7.11 Å². The molecule has 1 aliphatic carbocycles. The molecule has 86 valence electrons. The largest absolute Gasteiger partial charge is 0.496 e. The average molecular weight is 219 g/mol. The quantitative estimate of drug-likeness (QED) is 0.842. The number of amides is 1. The molecule has 3 heteroatoms. The van der Waals surface area contributed by atoms with Crippen molar-refractivity contribution in [1.29, 1.82) is 0 Å². The molecule has 0 unspecified atom stereocenters. The summed E-state index contributed by atoms with van der Waals surface area (Å²) in [5, 5.41) is 2.98. The summed E-state index contributed by atoms with van der Waals surface area (Å²) in [5.74, 6) is 0.880. The lowest BCUT2D eigenvalue weighted by atomic mass is 10.1. The van der Waals surface area contributed by atoms with Crippen molar-refractivity contribution in [2.45, 2.75) is 32.2 Å². The molecule has 0 spiro atoms. The molecular weight excluding hydrogens is 202 g/mol. The maximum absolute atomic E-state index is 11.8. The Morgan fingerprint density at radius 1 is 1.50 bits per heavy atom. The van der Waals surface area contributed by atoms with Gasteiger partial charge in [0.15, 0.2) is 0 Å². The maximum Gasteiger partial charge on any atom is 0.251 e. The monoisotopic (exact) mass is 219 g/mol.